The monoisotopic (exact) mass is 261 g/mol. The topological polar surface area (TPSA) is 88.0 Å². The van der Waals surface area contributed by atoms with Gasteiger partial charge in [0.1, 0.15) is 0 Å². The number of H-pyrrole nitrogens is 1. The molecular formula is C14H19N3O2. The smallest absolute Gasteiger partial charge is 0.256 e. The summed E-state index contributed by atoms with van der Waals surface area (Å²) in [5.74, 6) is -0.150. The number of nitrogens with two attached hydrogens (primary N) is 1. The lowest BCUT2D eigenvalue weighted by atomic mass is 10.1. The predicted molar refractivity (Wildman–Crippen MR) is 78.3 cm³/mol. The van der Waals surface area contributed by atoms with E-state index in [1.165, 1.54) is 6.92 Å². The first kappa shape index (κ1) is 14.9. The van der Waals surface area contributed by atoms with Gasteiger partial charge in [0.15, 0.2) is 0 Å². The number of carbonyl (C=O) groups excluding carboxylic acids is 1. The second-order valence-corrected chi connectivity index (χ2v) is 4.17. The van der Waals surface area contributed by atoms with Crippen LogP contribution in [-0.2, 0) is 4.79 Å². The highest BCUT2D eigenvalue weighted by Gasteiger charge is 2.02. The lowest BCUT2D eigenvalue weighted by Crippen LogP contribution is -2.09. The van der Waals surface area contributed by atoms with Gasteiger partial charge < -0.3 is 16.0 Å². The maximum atomic E-state index is 11.7. The van der Waals surface area contributed by atoms with Gasteiger partial charge in [0, 0.05) is 23.7 Å². The number of nitrogens with one attached hydrogen (secondary N) is 2. The van der Waals surface area contributed by atoms with Crippen LogP contribution in [0.1, 0.15) is 19.5 Å². The quantitative estimate of drug-likeness (QED) is 0.731. The zero-order valence-electron chi connectivity index (χ0n) is 11.4. The molecule has 0 saturated heterocycles. The molecule has 0 spiro atoms. The number of hydrogen-bond acceptors (Lipinski definition) is 3. The second kappa shape index (κ2) is 6.70. The van der Waals surface area contributed by atoms with Crippen molar-refractivity contribution in [2.24, 2.45) is 5.73 Å². The Morgan fingerprint density at radius 2 is 2.00 bits per heavy atom. The van der Waals surface area contributed by atoms with Gasteiger partial charge in [-0.25, -0.2) is 0 Å². The summed E-state index contributed by atoms with van der Waals surface area (Å²) in [5, 5.41) is 4.10. The Morgan fingerprint density at radius 3 is 2.58 bits per heavy atom. The van der Waals surface area contributed by atoms with Crippen molar-refractivity contribution in [2.75, 3.05) is 11.9 Å². The van der Waals surface area contributed by atoms with Gasteiger partial charge in [-0.15, -0.1) is 0 Å². The Labute approximate surface area is 111 Å². The summed E-state index contributed by atoms with van der Waals surface area (Å²) in [4.78, 5) is 25.3. The van der Waals surface area contributed by atoms with Crippen LogP contribution in [0.5, 0.6) is 0 Å². The van der Waals surface area contributed by atoms with E-state index in [-0.39, 0.29) is 11.5 Å². The molecule has 0 radical (unpaired) electrons. The van der Waals surface area contributed by atoms with Gasteiger partial charge in [-0.05, 0) is 37.1 Å². The fourth-order valence-corrected chi connectivity index (χ4v) is 1.68. The normalized spacial score (nSPS) is 9.68. The van der Waals surface area contributed by atoms with Crippen LogP contribution in [0.3, 0.4) is 0 Å². The molecule has 5 heteroatoms. The first-order chi connectivity index (χ1) is 8.97. The molecule has 4 N–H and O–H groups in total. The number of rotatable bonds is 1. The first-order valence-electron chi connectivity index (χ1n) is 6.09. The van der Waals surface area contributed by atoms with E-state index >= 15 is 0 Å². The van der Waals surface area contributed by atoms with Gasteiger partial charge in [0.05, 0.1) is 0 Å². The van der Waals surface area contributed by atoms with Crippen LogP contribution in [0.2, 0.25) is 0 Å². The number of fused-ring (bicyclic) bond motifs is 1. The fraction of sp³-hybridized carbons (Fsp3) is 0.286. The molecule has 0 aliphatic heterocycles. The molecule has 0 atom stereocenters. The van der Waals surface area contributed by atoms with Crippen LogP contribution >= 0.6 is 0 Å². The Morgan fingerprint density at radius 1 is 1.37 bits per heavy atom. The minimum atomic E-state index is -0.150. The molecule has 102 valence electrons. The minimum absolute atomic E-state index is 0.137. The zero-order valence-corrected chi connectivity index (χ0v) is 11.4. The third kappa shape index (κ3) is 4.22. The van der Waals surface area contributed by atoms with E-state index in [4.69, 9.17) is 5.73 Å². The first-order valence-corrected chi connectivity index (χ1v) is 6.09. The Balaban J connectivity index is 0.000000550. The molecule has 2 rings (SSSR count). The number of benzene rings is 1. The van der Waals surface area contributed by atoms with Gasteiger partial charge in [-0.2, -0.15) is 0 Å². The summed E-state index contributed by atoms with van der Waals surface area (Å²) < 4.78 is 0. The number of aromatic nitrogens is 1. The van der Waals surface area contributed by atoms with Gasteiger partial charge in [0.2, 0.25) is 5.91 Å². The summed E-state index contributed by atoms with van der Waals surface area (Å²) in [7, 11) is 0. The maximum Gasteiger partial charge on any atom is 0.256 e. The molecule has 2 aromatic rings. The van der Waals surface area contributed by atoms with Crippen LogP contribution < -0.4 is 16.6 Å². The average Bonchev–Trinajstić information content (AvgIpc) is 2.30. The highest BCUT2D eigenvalue weighted by molar-refractivity contribution is 5.92. The van der Waals surface area contributed by atoms with E-state index in [1.54, 1.807) is 12.1 Å². The Bertz CT molecular complexity index is 632. The molecule has 0 saturated carbocycles. The number of carbonyl (C=O) groups is 1. The van der Waals surface area contributed by atoms with Crippen molar-refractivity contribution >= 4 is 22.4 Å². The van der Waals surface area contributed by atoms with Crippen LogP contribution in [-0.4, -0.2) is 17.4 Å². The molecule has 1 amide bonds. The molecule has 0 fully saturated rings. The van der Waals surface area contributed by atoms with Crippen molar-refractivity contribution in [3.63, 3.8) is 0 Å². The number of amides is 1. The van der Waals surface area contributed by atoms with Gasteiger partial charge in [-0.1, -0.05) is 13.0 Å². The van der Waals surface area contributed by atoms with E-state index in [9.17, 15) is 9.59 Å². The summed E-state index contributed by atoms with van der Waals surface area (Å²) in [6, 6.07) is 7.18. The lowest BCUT2D eigenvalue weighted by molar-refractivity contribution is -0.114. The van der Waals surface area contributed by atoms with Gasteiger partial charge in [0.25, 0.3) is 5.56 Å². The average molecular weight is 261 g/mol. The van der Waals surface area contributed by atoms with E-state index in [1.807, 2.05) is 26.0 Å². The summed E-state index contributed by atoms with van der Waals surface area (Å²) >= 11 is 0. The van der Waals surface area contributed by atoms with Gasteiger partial charge in [-0.3, -0.25) is 9.59 Å². The molecule has 0 aliphatic carbocycles. The number of aryl methyl sites for hydroxylation is 1. The molecule has 1 aromatic heterocycles. The van der Waals surface area contributed by atoms with Gasteiger partial charge >= 0.3 is 0 Å². The summed E-state index contributed by atoms with van der Waals surface area (Å²) in [6.45, 7) is 5.92. The molecular weight excluding hydrogens is 242 g/mol. The van der Waals surface area contributed by atoms with Crippen molar-refractivity contribution in [3.05, 3.63) is 40.3 Å². The van der Waals surface area contributed by atoms with Crippen molar-refractivity contribution in [3.8, 4) is 0 Å². The minimum Gasteiger partial charge on any atom is -0.331 e. The highest BCUT2D eigenvalue weighted by atomic mass is 16.1. The van der Waals surface area contributed by atoms with Crippen LogP contribution in [0, 0.1) is 6.92 Å². The molecule has 0 unspecified atom stereocenters. The molecule has 1 aromatic carbocycles. The van der Waals surface area contributed by atoms with E-state index < -0.39 is 0 Å². The van der Waals surface area contributed by atoms with Crippen molar-refractivity contribution in [1.29, 1.82) is 0 Å². The molecule has 1 heterocycles. The standard InChI is InChI=1S/C12H12N2O2.C2H7N/c1-7-5-9-3-4-10(14-8(2)15)6-11(9)12(16)13-7;1-2-3/h3-6H,1-2H3,(H,13,16)(H,14,15);2-3H2,1H3. The SMILES string of the molecule is CC(=O)Nc1ccc2cc(C)[nH]c(=O)c2c1.CCN. The van der Waals surface area contributed by atoms with E-state index in [2.05, 4.69) is 10.3 Å². The maximum absolute atomic E-state index is 11.7. The van der Waals surface area contributed by atoms with Crippen molar-refractivity contribution < 1.29 is 4.79 Å². The van der Waals surface area contributed by atoms with Crippen molar-refractivity contribution in [2.45, 2.75) is 20.8 Å². The molecule has 0 bridgehead atoms. The predicted octanol–water partition coefficient (Wildman–Crippen LogP) is 1.76. The van der Waals surface area contributed by atoms with Crippen LogP contribution in [0.15, 0.2) is 29.1 Å². The van der Waals surface area contributed by atoms with E-state index in [0.29, 0.717) is 11.1 Å². The van der Waals surface area contributed by atoms with Crippen LogP contribution in [0.25, 0.3) is 10.8 Å². The number of anilines is 1. The number of pyridine rings is 1. The van der Waals surface area contributed by atoms with Crippen molar-refractivity contribution in [1.82, 2.24) is 4.98 Å². The summed E-state index contributed by atoms with van der Waals surface area (Å²) in [6.07, 6.45) is 0. The van der Waals surface area contributed by atoms with E-state index in [0.717, 1.165) is 17.6 Å². The largest absolute Gasteiger partial charge is 0.331 e. The zero-order chi connectivity index (χ0) is 14.4. The lowest BCUT2D eigenvalue weighted by Gasteiger charge is -2.04. The number of hydrogen-bond donors (Lipinski definition) is 3. The summed E-state index contributed by atoms with van der Waals surface area (Å²) in [5.41, 5.74) is 6.17. The molecule has 5 nitrogen and oxygen atoms in total. The third-order valence-corrected chi connectivity index (χ3v) is 2.30. The molecule has 0 aliphatic rings. The second-order valence-electron chi connectivity index (χ2n) is 4.17. The third-order valence-electron chi connectivity index (χ3n) is 2.30. The Kier molecular flexibility index (Phi) is 5.26. The molecule has 19 heavy (non-hydrogen) atoms. The highest BCUT2D eigenvalue weighted by Crippen LogP contribution is 2.16. The fourth-order valence-electron chi connectivity index (χ4n) is 1.68. The number of aromatic amines is 1. The van der Waals surface area contributed by atoms with Crippen LogP contribution in [0.4, 0.5) is 5.69 Å². The Hall–Kier alpha value is -2.14.